The Bertz CT molecular complexity index is 607. The highest BCUT2D eigenvalue weighted by atomic mass is 35.5. The maximum atomic E-state index is 12.8. The highest BCUT2D eigenvalue weighted by molar-refractivity contribution is 6.29. The van der Waals surface area contributed by atoms with Crippen LogP contribution in [-0.2, 0) is 0 Å². The monoisotopic (exact) mass is 267 g/mol. The smallest absolute Gasteiger partial charge is 0.260 e. The number of carbonyl (C=O) groups excluding carboxylic acids is 1. The van der Waals surface area contributed by atoms with E-state index in [1.807, 2.05) is 0 Å². The van der Waals surface area contributed by atoms with Crippen molar-refractivity contribution < 1.29 is 14.3 Å². The van der Waals surface area contributed by atoms with Crippen molar-refractivity contribution >= 4 is 23.3 Å². The maximum Gasteiger partial charge on any atom is 0.260 e. The van der Waals surface area contributed by atoms with Crippen LogP contribution in [0.25, 0.3) is 0 Å². The lowest BCUT2D eigenvalue weighted by Crippen LogP contribution is -2.13. The highest BCUT2D eigenvalue weighted by Crippen LogP contribution is 2.19. The topological polar surface area (TPSA) is 75.1 Å². The average Bonchev–Trinajstić information content (AvgIpc) is 2.28. The highest BCUT2D eigenvalue weighted by Gasteiger charge is 2.12. The molecule has 1 aromatic carbocycles. The van der Waals surface area contributed by atoms with Crippen LogP contribution in [0.2, 0.25) is 5.15 Å². The number of rotatable bonds is 2. The van der Waals surface area contributed by atoms with Crippen molar-refractivity contribution in [1.82, 2.24) is 9.97 Å². The molecule has 0 aliphatic rings. The molecule has 0 aliphatic heterocycles. The second-order valence-electron chi connectivity index (χ2n) is 3.34. The van der Waals surface area contributed by atoms with Gasteiger partial charge < -0.3 is 10.4 Å². The Labute approximate surface area is 106 Å². The number of carbonyl (C=O) groups is 1. The second kappa shape index (κ2) is 4.97. The number of hydrogen-bond acceptors (Lipinski definition) is 4. The maximum absolute atomic E-state index is 12.8. The molecule has 0 saturated heterocycles. The summed E-state index contributed by atoms with van der Waals surface area (Å²) in [5.41, 5.74) is -0.0711. The summed E-state index contributed by atoms with van der Waals surface area (Å²) in [6.07, 6.45) is 2.61. The molecule has 0 atom stereocenters. The molecular formula is C11H7ClFN3O2. The van der Waals surface area contributed by atoms with Crippen LogP contribution in [0.15, 0.2) is 30.6 Å². The summed E-state index contributed by atoms with van der Waals surface area (Å²) in [6.45, 7) is 0. The van der Waals surface area contributed by atoms with E-state index in [9.17, 15) is 14.3 Å². The third-order valence-corrected chi connectivity index (χ3v) is 2.23. The first-order chi connectivity index (χ1) is 8.56. The van der Waals surface area contributed by atoms with Crippen molar-refractivity contribution in [3.05, 3.63) is 47.1 Å². The first-order valence-electron chi connectivity index (χ1n) is 4.83. The SMILES string of the molecule is O=C(Nc1cncc(Cl)n1)c1ccc(F)cc1O. The summed E-state index contributed by atoms with van der Waals surface area (Å²) >= 11 is 5.60. The van der Waals surface area contributed by atoms with E-state index in [1.54, 1.807) is 0 Å². The van der Waals surface area contributed by atoms with Crippen LogP contribution in [0.1, 0.15) is 10.4 Å². The zero-order valence-corrected chi connectivity index (χ0v) is 9.65. The van der Waals surface area contributed by atoms with Crippen molar-refractivity contribution in [3.63, 3.8) is 0 Å². The molecule has 0 radical (unpaired) electrons. The third-order valence-electron chi connectivity index (χ3n) is 2.05. The van der Waals surface area contributed by atoms with Gasteiger partial charge in [0.1, 0.15) is 16.7 Å². The molecule has 0 spiro atoms. The molecule has 1 amide bonds. The van der Waals surface area contributed by atoms with Gasteiger partial charge in [-0.05, 0) is 12.1 Å². The zero-order chi connectivity index (χ0) is 13.1. The largest absolute Gasteiger partial charge is 0.507 e. The van der Waals surface area contributed by atoms with E-state index in [4.69, 9.17) is 11.6 Å². The van der Waals surface area contributed by atoms with Gasteiger partial charge in [0.05, 0.1) is 18.0 Å². The number of hydrogen-bond donors (Lipinski definition) is 2. The lowest BCUT2D eigenvalue weighted by atomic mass is 10.2. The molecule has 0 saturated carbocycles. The molecular weight excluding hydrogens is 261 g/mol. The number of aromatic hydroxyl groups is 1. The third kappa shape index (κ3) is 2.72. The first kappa shape index (κ1) is 12.3. The van der Waals surface area contributed by atoms with Gasteiger partial charge in [-0.2, -0.15) is 0 Å². The molecule has 2 N–H and O–H groups in total. The number of amides is 1. The van der Waals surface area contributed by atoms with Crippen LogP contribution in [0, 0.1) is 5.82 Å². The van der Waals surface area contributed by atoms with Gasteiger partial charge in [0.15, 0.2) is 5.82 Å². The summed E-state index contributed by atoms with van der Waals surface area (Å²) in [5, 5.41) is 11.9. The average molecular weight is 268 g/mol. The minimum absolute atomic E-state index is 0.0711. The Morgan fingerprint density at radius 3 is 2.83 bits per heavy atom. The normalized spacial score (nSPS) is 10.1. The number of anilines is 1. The van der Waals surface area contributed by atoms with Crippen molar-refractivity contribution in [1.29, 1.82) is 0 Å². The van der Waals surface area contributed by atoms with Gasteiger partial charge in [0, 0.05) is 6.07 Å². The van der Waals surface area contributed by atoms with Gasteiger partial charge >= 0.3 is 0 Å². The van der Waals surface area contributed by atoms with Crippen LogP contribution in [0.5, 0.6) is 5.75 Å². The quantitative estimate of drug-likeness (QED) is 0.875. The Morgan fingerprint density at radius 1 is 1.39 bits per heavy atom. The fraction of sp³-hybridized carbons (Fsp3) is 0. The fourth-order valence-corrected chi connectivity index (χ4v) is 1.43. The molecule has 5 nitrogen and oxygen atoms in total. The summed E-state index contributed by atoms with van der Waals surface area (Å²) in [4.78, 5) is 19.3. The Morgan fingerprint density at radius 2 is 2.17 bits per heavy atom. The van der Waals surface area contributed by atoms with E-state index in [-0.39, 0.29) is 16.5 Å². The van der Waals surface area contributed by atoms with Crippen LogP contribution in [0.3, 0.4) is 0 Å². The van der Waals surface area contributed by atoms with Gasteiger partial charge in [-0.1, -0.05) is 11.6 Å². The van der Waals surface area contributed by atoms with E-state index >= 15 is 0 Å². The van der Waals surface area contributed by atoms with Gasteiger partial charge in [-0.15, -0.1) is 0 Å². The number of aromatic nitrogens is 2. The minimum Gasteiger partial charge on any atom is -0.507 e. The fourth-order valence-electron chi connectivity index (χ4n) is 1.28. The molecule has 1 aromatic heterocycles. The second-order valence-corrected chi connectivity index (χ2v) is 3.73. The van der Waals surface area contributed by atoms with Gasteiger partial charge in [-0.3, -0.25) is 9.78 Å². The predicted molar refractivity (Wildman–Crippen MR) is 63.1 cm³/mol. The molecule has 0 fully saturated rings. The molecule has 2 aromatic rings. The minimum atomic E-state index is -0.635. The Balaban J connectivity index is 2.22. The van der Waals surface area contributed by atoms with E-state index in [2.05, 4.69) is 15.3 Å². The molecule has 1 heterocycles. The number of halogens is 2. The van der Waals surface area contributed by atoms with Crippen LogP contribution < -0.4 is 5.32 Å². The van der Waals surface area contributed by atoms with Gasteiger partial charge in [-0.25, -0.2) is 9.37 Å². The molecule has 0 bridgehead atoms. The van der Waals surface area contributed by atoms with Crippen molar-refractivity contribution in [3.8, 4) is 5.75 Å². The van der Waals surface area contributed by atoms with Crippen LogP contribution in [-0.4, -0.2) is 21.0 Å². The van der Waals surface area contributed by atoms with E-state index in [1.165, 1.54) is 12.4 Å². The molecule has 0 aliphatic carbocycles. The van der Waals surface area contributed by atoms with E-state index < -0.39 is 17.5 Å². The van der Waals surface area contributed by atoms with E-state index in [0.717, 1.165) is 18.2 Å². The van der Waals surface area contributed by atoms with Crippen LogP contribution >= 0.6 is 11.6 Å². The van der Waals surface area contributed by atoms with E-state index in [0.29, 0.717) is 0 Å². The summed E-state index contributed by atoms with van der Waals surface area (Å²) in [5.74, 6) is -1.59. The van der Waals surface area contributed by atoms with Crippen molar-refractivity contribution in [2.75, 3.05) is 5.32 Å². The van der Waals surface area contributed by atoms with Crippen molar-refractivity contribution in [2.45, 2.75) is 0 Å². The molecule has 0 unspecified atom stereocenters. The lowest BCUT2D eigenvalue weighted by Gasteiger charge is -2.05. The first-order valence-corrected chi connectivity index (χ1v) is 5.21. The lowest BCUT2D eigenvalue weighted by molar-refractivity contribution is 0.102. The van der Waals surface area contributed by atoms with Crippen LogP contribution in [0.4, 0.5) is 10.2 Å². The summed E-state index contributed by atoms with van der Waals surface area (Å²) in [7, 11) is 0. The number of phenols is 1. The molecule has 92 valence electrons. The number of nitrogens with zero attached hydrogens (tertiary/aromatic N) is 2. The number of nitrogens with one attached hydrogen (secondary N) is 1. The van der Waals surface area contributed by atoms with Gasteiger partial charge in [0.25, 0.3) is 5.91 Å². The Kier molecular flexibility index (Phi) is 3.38. The Hall–Kier alpha value is -2.21. The standard InChI is InChI=1S/C11H7ClFN3O2/c12-9-4-14-5-10(15-9)16-11(18)7-2-1-6(13)3-8(7)17/h1-5,17H,(H,15,16,18). The molecule has 2 rings (SSSR count). The van der Waals surface area contributed by atoms with Gasteiger partial charge in [0.2, 0.25) is 0 Å². The number of benzene rings is 1. The summed E-state index contributed by atoms with van der Waals surface area (Å²) in [6, 6.07) is 3.08. The predicted octanol–water partition coefficient (Wildman–Crippen LogP) is 2.23. The zero-order valence-electron chi connectivity index (χ0n) is 8.89. The number of phenolic OH excluding ortho intramolecular Hbond substituents is 1. The van der Waals surface area contributed by atoms with Crippen molar-refractivity contribution in [2.24, 2.45) is 0 Å². The summed E-state index contributed by atoms with van der Waals surface area (Å²) < 4.78 is 12.8. The molecule has 18 heavy (non-hydrogen) atoms. The molecule has 7 heteroatoms.